The van der Waals surface area contributed by atoms with E-state index in [1.54, 1.807) is 0 Å². The molecule has 164 valence electrons. The zero-order chi connectivity index (χ0) is 22.3. The molecule has 0 radical (unpaired) electrons. The maximum atomic E-state index is 14.5. The molecule has 1 amide bonds. The molecule has 2 aromatic rings. The molecule has 0 aromatic heterocycles. The highest BCUT2D eigenvalue weighted by atomic mass is 32.2. The molecule has 6 nitrogen and oxygen atoms in total. The highest BCUT2D eigenvalue weighted by Gasteiger charge is 2.47. The van der Waals surface area contributed by atoms with Crippen molar-refractivity contribution in [3.8, 4) is 0 Å². The standard InChI is InChI=1S/C21H21F2N3O3S2/c1-12-4-3-5-13(2)20(12)25-19(27)9-30-21-24-16-10-31(28,29)11-18(16)26(21)17-7-6-14(22)8-15(17)23/h3-8,16,18H,9-11H2,1-2H3,(H,25,27). The fraction of sp³-hybridized carbons (Fsp3) is 0.333. The van der Waals surface area contributed by atoms with Crippen LogP contribution >= 0.6 is 11.8 Å². The number of hydrogen-bond donors (Lipinski definition) is 1. The average Bonchev–Trinajstić information content (AvgIpc) is 3.15. The van der Waals surface area contributed by atoms with Gasteiger partial charge < -0.3 is 10.2 Å². The van der Waals surface area contributed by atoms with Crippen molar-refractivity contribution in [3.05, 3.63) is 59.2 Å². The van der Waals surface area contributed by atoms with Crippen molar-refractivity contribution in [1.29, 1.82) is 0 Å². The summed E-state index contributed by atoms with van der Waals surface area (Å²) in [5.74, 6) is -2.08. The van der Waals surface area contributed by atoms with Gasteiger partial charge in [0.2, 0.25) is 5.91 Å². The summed E-state index contributed by atoms with van der Waals surface area (Å²) in [5.41, 5.74) is 2.66. The first-order valence-electron chi connectivity index (χ1n) is 9.66. The second-order valence-electron chi connectivity index (χ2n) is 7.69. The van der Waals surface area contributed by atoms with E-state index >= 15 is 0 Å². The molecule has 2 aliphatic rings. The number of fused-ring (bicyclic) bond motifs is 1. The molecule has 2 aliphatic heterocycles. The Kier molecular flexibility index (Phi) is 5.78. The van der Waals surface area contributed by atoms with Gasteiger partial charge in [-0.3, -0.25) is 9.79 Å². The summed E-state index contributed by atoms with van der Waals surface area (Å²) < 4.78 is 52.1. The smallest absolute Gasteiger partial charge is 0.234 e. The van der Waals surface area contributed by atoms with E-state index in [1.165, 1.54) is 11.0 Å². The normalized spacial score (nSPS) is 21.7. The molecular formula is C21H21F2N3O3S2. The SMILES string of the molecule is Cc1cccc(C)c1NC(=O)CSC1=NC2CS(=O)(=O)CC2N1c1ccc(F)cc1F. The van der Waals surface area contributed by atoms with Crippen LogP contribution in [0.1, 0.15) is 11.1 Å². The van der Waals surface area contributed by atoms with Crippen LogP contribution in [0.25, 0.3) is 0 Å². The molecule has 31 heavy (non-hydrogen) atoms. The molecular weight excluding hydrogens is 444 g/mol. The van der Waals surface area contributed by atoms with Crippen LogP contribution in [-0.4, -0.2) is 48.8 Å². The van der Waals surface area contributed by atoms with Crippen molar-refractivity contribution < 1.29 is 22.0 Å². The molecule has 1 N–H and O–H groups in total. The number of benzene rings is 2. The van der Waals surface area contributed by atoms with Crippen molar-refractivity contribution >= 4 is 44.0 Å². The average molecular weight is 466 g/mol. The Morgan fingerprint density at radius 3 is 2.58 bits per heavy atom. The van der Waals surface area contributed by atoms with Crippen LogP contribution in [0.2, 0.25) is 0 Å². The van der Waals surface area contributed by atoms with Crippen molar-refractivity contribution in [2.24, 2.45) is 4.99 Å². The molecule has 0 aliphatic carbocycles. The summed E-state index contributed by atoms with van der Waals surface area (Å²) in [5, 5.41) is 3.24. The van der Waals surface area contributed by atoms with Crippen molar-refractivity contribution in [1.82, 2.24) is 0 Å². The van der Waals surface area contributed by atoms with Gasteiger partial charge in [-0.05, 0) is 37.1 Å². The Morgan fingerprint density at radius 2 is 1.90 bits per heavy atom. The molecule has 1 saturated heterocycles. The number of sulfone groups is 1. The molecule has 0 bridgehead atoms. The lowest BCUT2D eigenvalue weighted by molar-refractivity contribution is -0.113. The van der Waals surface area contributed by atoms with Crippen molar-refractivity contribution in [3.63, 3.8) is 0 Å². The Balaban J connectivity index is 1.55. The number of nitrogens with zero attached hydrogens (tertiary/aromatic N) is 2. The van der Waals surface area contributed by atoms with Crippen LogP contribution in [0.3, 0.4) is 0 Å². The molecule has 0 saturated carbocycles. The van der Waals surface area contributed by atoms with Gasteiger partial charge in [0, 0.05) is 11.8 Å². The fourth-order valence-electron chi connectivity index (χ4n) is 3.91. The maximum absolute atomic E-state index is 14.5. The number of amidine groups is 1. The Bertz CT molecular complexity index is 1160. The highest BCUT2D eigenvalue weighted by molar-refractivity contribution is 8.14. The van der Waals surface area contributed by atoms with Gasteiger partial charge in [0.05, 0.1) is 35.0 Å². The van der Waals surface area contributed by atoms with Crippen molar-refractivity contribution in [2.45, 2.75) is 25.9 Å². The van der Waals surface area contributed by atoms with Crippen molar-refractivity contribution in [2.75, 3.05) is 27.5 Å². The first kappa shape index (κ1) is 21.8. The molecule has 1 fully saturated rings. The molecule has 2 atom stereocenters. The van der Waals surface area contributed by atoms with Crippen LogP contribution in [-0.2, 0) is 14.6 Å². The molecule has 0 spiro atoms. The lowest BCUT2D eigenvalue weighted by Gasteiger charge is -2.26. The third kappa shape index (κ3) is 4.45. The number of aliphatic imine (C=N–C) groups is 1. The second-order valence-corrected chi connectivity index (χ2v) is 10.8. The highest BCUT2D eigenvalue weighted by Crippen LogP contribution is 2.36. The Labute approximate surface area is 183 Å². The monoisotopic (exact) mass is 465 g/mol. The lowest BCUT2D eigenvalue weighted by Crippen LogP contribution is -2.40. The van der Waals surface area contributed by atoms with E-state index in [1.807, 2.05) is 32.0 Å². The van der Waals surface area contributed by atoms with Gasteiger partial charge in [-0.25, -0.2) is 17.2 Å². The van der Waals surface area contributed by atoms with E-state index < -0.39 is 33.6 Å². The van der Waals surface area contributed by atoms with Crippen LogP contribution in [0.15, 0.2) is 41.4 Å². The molecule has 2 aromatic carbocycles. The molecule has 10 heteroatoms. The van der Waals surface area contributed by atoms with E-state index in [9.17, 15) is 22.0 Å². The number of rotatable bonds is 4. The number of halogens is 2. The third-order valence-electron chi connectivity index (χ3n) is 5.35. The topological polar surface area (TPSA) is 78.8 Å². The Hall–Kier alpha value is -2.46. The number of carbonyl (C=O) groups is 1. The number of carbonyl (C=O) groups excluding carboxylic acids is 1. The number of aryl methyl sites for hydroxylation is 2. The third-order valence-corrected chi connectivity index (χ3v) is 8.02. The number of para-hydroxylation sites is 1. The van der Waals surface area contributed by atoms with Gasteiger partial charge >= 0.3 is 0 Å². The second kappa shape index (κ2) is 8.23. The number of hydrogen-bond acceptors (Lipinski definition) is 6. The summed E-state index contributed by atoms with van der Waals surface area (Å²) in [4.78, 5) is 18.5. The van der Waals surface area contributed by atoms with Gasteiger partial charge in [-0.2, -0.15) is 0 Å². The molecule has 4 rings (SSSR count). The van der Waals surface area contributed by atoms with Gasteiger partial charge in [0.1, 0.15) is 11.6 Å². The van der Waals surface area contributed by atoms with E-state index in [-0.39, 0.29) is 28.9 Å². The van der Waals surface area contributed by atoms with Gasteiger partial charge in [-0.1, -0.05) is 30.0 Å². The number of nitrogens with one attached hydrogen (secondary N) is 1. The minimum Gasteiger partial charge on any atom is -0.325 e. The van der Waals surface area contributed by atoms with Gasteiger partial charge in [0.25, 0.3) is 0 Å². The van der Waals surface area contributed by atoms with E-state index in [2.05, 4.69) is 10.3 Å². The van der Waals surface area contributed by atoms with E-state index in [0.717, 1.165) is 40.7 Å². The minimum atomic E-state index is -3.31. The van der Waals surface area contributed by atoms with Gasteiger partial charge in [0.15, 0.2) is 15.0 Å². The summed E-state index contributed by atoms with van der Waals surface area (Å²) >= 11 is 1.10. The molecule has 2 heterocycles. The predicted octanol–water partition coefficient (Wildman–Crippen LogP) is 3.30. The fourth-order valence-corrected chi connectivity index (χ4v) is 6.67. The number of amides is 1. The number of anilines is 2. The van der Waals surface area contributed by atoms with Crippen LogP contribution in [0.5, 0.6) is 0 Å². The maximum Gasteiger partial charge on any atom is 0.234 e. The first-order valence-corrected chi connectivity index (χ1v) is 12.5. The summed E-state index contributed by atoms with van der Waals surface area (Å²) in [6, 6.07) is 7.73. The summed E-state index contributed by atoms with van der Waals surface area (Å²) in [7, 11) is -3.31. The first-order chi connectivity index (χ1) is 14.6. The zero-order valence-electron chi connectivity index (χ0n) is 16.9. The zero-order valence-corrected chi connectivity index (χ0v) is 18.6. The van der Waals surface area contributed by atoms with E-state index in [4.69, 9.17) is 0 Å². The summed E-state index contributed by atoms with van der Waals surface area (Å²) in [6.45, 7) is 3.80. The number of thioether (sulfide) groups is 1. The quantitative estimate of drug-likeness (QED) is 0.750. The van der Waals surface area contributed by atoms with Crippen LogP contribution < -0.4 is 10.2 Å². The Morgan fingerprint density at radius 1 is 1.19 bits per heavy atom. The molecule has 2 unspecified atom stereocenters. The summed E-state index contributed by atoms with van der Waals surface area (Å²) in [6.07, 6.45) is 0. The predicted molar refractivity (Wildman–Crippen MR) is 120 cm³/mol. The largest absolute Gasteiger partial charge is 0.325 e. The lowest BCUT2D eigenvalue weighted by atomic mass is 10.1. The van der Waals surface area contributed by atoms with Crippen LogP contribution in [0.4, 0.5) is 20.2 Å². The van der Waals surface area contributed by atoms with Gasteiger partial charge in [-0.15, -0.1) is 0 Å². The minimum absolute atomic E-state index is 0.0120. The van der Waals surface area contributed by atoms with E-state index in [0.29, 0.717) is 5.17 Å². The van der Waals surface area contributed by atoms with Crippen LogP contribution in [0, 0.1) is 25.5 Å².